The van der Waals surface area contributed by atoms with Gasteiger partial charge >= 0.3 is 0 Å². The molecule has 2 heterocycles. The highest BCUT2D eigenvalue weighted by Gasteiger charge is 2.41. The first kappa shape index (κ1) is 15.5. The largest absolute Gasteiger partial charge is 0.339 e. The summed E-state index contributed by atoms with van der Waals surface area (Å²) in [5.41, 5.74) is 0. The monoisotopic (exact) mass is 321 g/mol. The summed E-state index contributed by atoms with van der Waals surface area (Å²) in [6.45, 7) is 5.06. The van der Waals surface area contributed by atoms with E-state index in [1.165, 1.54) is 24.2 Å². The summed E-state index contributed by atoms with van der Waals surface area (Å²) in [7, 11) is 0. The van der Waals surface area contributed by atoms with Gasteiger partial charge in [0, 0.05) is 30.6 Å². The first-order valence-corrected chi connectivity index (χ1v) is 8.94. The molecule has 2 fully saturated rings. The number of hydrogen-bond donors (Lipinski definition) is 1. The molecule has 1 N–H and O–H groups in total. The summed E-state index contributed by atoms with van der Waals surface area (Å²) in [4.78, 5) is 30.7. The molecule has 0 unspecified atom stereocenters. The molecular weight excluding hydrogens is 298 g/mol. The van der Waals surface area contributed by atoms with Crippen LogP contribution in [0.1, 0.15) is 39.5 Å². The van der Waals surface area contributed by atoms with Crippen LogP contribution in [0.4, 0.5) is 5.13 Å². The standard InChI is InChI=1S/C16H23N3O2S/c1-10-4-3-5-13(11(10)2)19-9-12(8-14(19)20)15(21)18-16-17-6-7-22-16/h6-7,10-13H,3-5,8-9H2,1-2H3,(H,17,18,21)/t10-,11+,12+,13+/m0/s1. The van der Waals surface area contributed by atoms with Gasteiger partial charge in [0.05, 0.1) is 5.92 Å². The van der Waals surface area contributed by atoms with Crippen LogP contribution < -0.4 is 5.32 Å². The quantitative estimate of drug-likeness (QED) is 0.931. The van der Waals surface area contributed by atoms with Crippen LogP contribution in [-0.4, -0.2) is 34.3 Å². The Balaban J connectivity index is 1.64. The Kier molecular flexibility index (Phi) is 4.47. The summed E-state index contributed by atoms with van der Waals surface area (Å²) < 4.78 is 0. The second-order valence-electron chi connectivity index (χ2n) is 6.61. The molecule has 0 spiro atoms. The van der Waals surface area contributed by atoms with Crippen LogP contribution in [0.3, 0.4) is 0 Å². The van der Waals surface area contributed by atoms with Crippen molar-refractivity contribution in [2.75, 3.05) is 11.9 Å². The maximum Gasteiger partial charge on any atom is 0.231 e. The van der Waals surface area contributed by atoms with E-state index in [0.29, 0.717) is 36.0 Å². The fourth-order valence-corrected chi connectivity index (χ4v) is 4.25. The van der Waals surface area contributed by atoms with Gasteiger partial charge in [0.15, 0.2) is 5.13 Å². The molecule has 2 amide bonds. The Morgan fingerprint density at radius 1 is 1.41 bits per heavy atom. The van der Waals surface area contributed by atoms with Crippen LogP contribution in [-0.2, 0) is 9.59 Å². The van der Waals surface area contributed by atoms with Crippen molar-refractivity contribution in [2.24, 2.45) is 17.8 Å². The highest BCUT2D eigenvalue weighted by molar-refractivity contribution is 7.13. The normalized spacial score (nSPS) is 32.3. The van der Waals surface area contributed by atoms with Crippen molar-refractivity contribution in [1.29, 1.82) is 0 Å². The van der Waals surface area contributed by atoms with Gasteiger partial charge in [-0.2, -0.15) is 0 Å². The third kappa shape index (κ3) is 3.02. The van der Waals surface area contributed by atoms with E-state index in [2.05, 4.69) is 24.1 Å². The molecule has 0 aromatic carbocycles. The minimum Gasteiger partial charge on any atom is -0.339 e. The van der Waals surface area contributed by atoms with E-state index in [-0.39, 0.29) is 17.7 Å². The second kappa shape index (κ2) is 6.36. The zero-order chi connectivity index (χ0) is 15.7. The molecule has 6 heteroatoms. The van der Waals surface area contributed by atoms with Gasteiger partial charge in [-0.1, -0.05) is 26.7 Å². The topological polar surface area (TPSA) is 62.3 Å². The molecule has 0 radical (unpaired) electrons. The van der Waals surface area contributed by atoms with Crippen molar-refractivity contribution in [1.82, 2.24) is 9.88 Å². The Bertz CT molecular complexity index is 546. The number of amides is 2. The maximum absolute atomic E-state index is 12.4. The van der Waals surface area contributed by atoms with Crippen molar-refractivity contribution < 1.29 is 9.59 Å². The molecule has 4 atom stereocenters. The molecule has 1 aliphatic carbocycles. The fourth-order valence-electron chi connectivity index (χ4n) is 3.71. The smallest absolute Gasteiger partial charge is 0.231 e. The first-order valence-electron chi connectivity index (χ1n) is 8.06. The van der Waals surface area contributed by atoms with E-state index < -0.39 is 0 Å². The van der Waals surface area contributed by atoms with E-state index in [1.54, 1.807) is 6.20 Å². The van der Waals surface area contributed by atoms with Crippen LogP contribution in [0.15, 0.2) is 11.6 Å². The second-order valence-corrected chi connectivity index (χ2v) is 7.50. The summed E-state index contributed by atoms with van der Waals surface area (Å²) in [6, 6.07) is 0.300. The van der Waals surface area contributed by atoms with Crippen LogP contribution in [0.2, 0.25) is 0 Å². The first-order chi connectivity index (χ1) is 10.6. The van der Waals surface area contributed by atoms with Gasteiger partial charge in [-0.15, -0.1) is 11.3 Å². The zero-order valence-corrected chi connectivity index (χ0v) is 13.9. The molecule has 1 saturated heterocycles. The lowest BCUT2D eigenvalue weighted by atomic mass is 9.77. The predicted octanol–water partition coefficient (Wildman–Crippen LogP) is 2.75. The Labute approximate surface area is 135 Å². The average molecular weight is 321 g/mol. The van der Waals surface area contributed by atoms with Gasteiger partial charge in [-0.05, 0) is 18.3 Å². The Morgan fingerprint density at radius 3 is 2.95 bits per heavy atom. The lowest BCUT2D eigenvalue weighted by molar-refractivity contribution is -0.131. The van der Waals surface area contributed by atoms with Crippen molar-refractivity contribution in [3.05, 3.63) is 11.6 Å². The molecule has 1 aromatic rings. The number of nitrogens with one attached hydrogen (secondary N) is 1. The van der Waals surface area contributed by atoms with Gasteiger partial charge in [0.1, 0.15) is 0 Å². The highest BCUT2D eigenvalue weighted by Crippen LogP contribution is 2.35. The van der Waals surface area contributed by atoms with E-state index in [1.807, 2.05) is 10.3 Å². The summed E-state index contributed by atoms with van der Waals surface area (Å²) >= 11 is 1.40. The number of carbonyl (C=O) groups is 2. The fraction of sp³-hybridized carbons (Fsp3) is 0.688. The van der Waals surface area contributed by atoms with Crippen molar-refractivity contribution in [3.8, 4) is 0 Å². The lowest BCUT2D eigenvalue weighted by Gasteiger charge is -2.40. The van der Waals surface area contributed by atoms with Crippen LogP contribution in [0, 0.1) is 17.8 Å². The van der Waals surface area contributed by atoms with E-state index in [9.17, 15) is 9.59 Å². The van der Waals surface area contributed by atoms with Gasteiger partial charge in [-0.3, -0.25) is 9.59 Å². The third-order valence-electron chi connectivity index (χ3n) is 5.26. The minimum absolute atomic E-state index is 0.0812. The lowest BCUT2D eigenvalue weighted by Crippen LogP contribution is -2.45. The molecule has 2 aliphatic rings. The average Bonchev–Trinajstić information content (AvgIpc) is 3.12. The van der Waals surface area contributed by atoms with Gasteiger partial charge in [-0.25, -0.2) is 4.98 Å². The molecule has 22 heavy (non-hydrogen) atoms. The molecule has 120 valence electrons. The van der Waals surface area contributed by atoms with Crippen LogP contribution in [0.25, 0.3) is 0 Å². The number of likely N-dealkylation sites (tertiary alicyclic amines) is 1. The molecule has 1 aromatic heterocycles. The highest BCUT2D eigenvalue weighted by atomic mass is 32.1. The number of hydrogen-bond acceptors (Lipinski definition) is 4. The summed E-state index contributed by atoms with van der Waals surface area (Å²) in [5, 5.41) is 5.25. The summed E-state index contributed by atoms with van der Waals surface area (Å²) in [5.74, 6) is 0.960. The maximum atomic E-state index is 12.4. The zero-order valence-electron chi connectivity index (χ0n) is 13.1. The number of carbonyl (C=O) groups excluding carboxylic acids is 2. The van der Waals surface area contributed by atoms with Crippen LogP contribution in [0.5, 0.6) is 0 Å². The molecule has 1 aliphatic heterocycles. The minimum atomic E-state index is -0.249. The van der Waals surface area contributed by atoms with Gasteiger partial charge in [0.25, 0.3) is 0 Å². The molecule has 5 nitrogen and oxygen atoms in total. The molecule has 0 bridgehead atoms. The summed E-state index contributed by atoms with van der Waals surface area (Å²) in [6.07, 6.45) is 5.48. The van der Waals surface area contributed by atoms with Crippen LogP contribution >= 0.6 is 11.3 Å². The number of thiazole rings is 1. The number of anilines is 1. The molecule has 1 saturated carbocycles. The Morgan fingerprint density at radius 2 is 2.23 bits per heavy atom. The van der Waals surface area contributed by atoms with E-state index in [0.717, 1.165) is 6.42 Å². The number of rotatable bonds is 3. The Hall–Kier alpha value is -1.43. The van der Waals surface area contributed by atoms with Crippen molar-refractivity contribution in [2.45, 2.75) is 45.6 Å². The number of nitrogens with zero attached hydrogens (tertiary/aromatic N) is 2. The van der Waals surface area contributed by atoms with Crippen molar-refractivity contribution in [3.63, 3.8) is 0 Å². The van der Waals surface area contributed by atoms with E-state index in [4.69, 9.17) is 0 Å². The molecule has 3 rings (SSSR count). The SMILES string of the molecule is C[C@H]1[C@H](N2C[C@H](C(=O)Nc3nccs3)CC2=O)CCC[C@@H]1C. The molecular formula is C16H23N3O2S. The van der Waals surface area contributed by atoms with Gasteiger partial charge < -0.3 is 10.2 Å². The van der Waals surface area contributed by atoms with Crippen molar-refractivity contribution >= 4 is 28.3 Å². The third-order valence-corrected chi connectivity index (χ3v) is 5.94. The van der Waals surface area contributed by atoms with E-state index >= 15 is 0 Å². The predicted molar refractivity (Wildman–Crippen MR) is 86.5 cm³/mol. The van der Waals surface area contributed by atoms with Gasteiger partial charge in [0.2, 0.25) is 11.8 Å². The number of aromatic nitrogens is 1.